The first-order valence-electron chi connectivity index (χ1n) is 5.81. The van der Waals surface area contributed by atoms with E-state index < -0.39 is 5.97 Å². The van der Waals surface area contributed by atoms with E-state index in [0.29, 0.717) is 12.4 Å². The van der Waals surface area contributed by atoms with Crippen LogP contribution in [0.2, 0.25) is 0 Å². The van der Waals surface area contributed by atoms with Crippen LogP contribution in [0, 0.1) is 6.92 Å². The molecular weight excluding hydrogens is 244 g/mol. The summed E-state index contributed by atoms with van der Waals surface area (Å²) in [5, 5.41) is 18.0. The lowest BCUT2D eigenvalue weighted by Crippen LogP contribution is -2.01. The van der Waals surface area contributed by atoms with Gasteiger partial charge in [0.2, 0.25) is 0 Å². The molecule has 19 heavy (non-hydrogen) atoms. The van der Waals surface area contributed by atoms with Gasteiger partial charge < -0.3 is 14.9 Å². The Morgan fingerprint density at radius 2 is 1.84 bits per heavy atom. The molecule has 2 N–H and O–H groups in total. The summed E-state index contributed by atoms with van der Waals surface area (Å²) in [5.74, 6) is -0.0945. The average molecular weight is 258 g/mol. The molecule has 0 aliphatic carbocycles. The fraction of sp³-hybridized carbons (Fsp3) is 0.133. The Kier molecular flexibility index (Phi) is 3.71. The van der Waals surface area contributed by atoms with Gasteiger partial charge in [0.05, 0.1) is 5.56 Å². The molecule has 0 unspecified atom stereocenters. The first kappa shape index (κ1) is 13.0. The van der Waals surface area contributed by atoms with E-state index in [1.807, 2.05) is 6.92 Å². The molecule has 98 valence electrons. The van der Waals surface area contributed by atoms with Crippen molar-refractivity contribution in [3.63, 3.8) is 0 Å². The first-order chi connectivity index (χ1) is 9.06. The molecule has 4 heteroatoms. The zero-order valence-corrected chi connectivity index (χ0v) is 10.5. The maximum atomic E-state index is 10.8. The molecule has 0 aliphatic heterocycles. The number of aromatic hydroxyl groups is 1. The van der Waals surface area contributed by atoms with Crippen LogP contribution in [0.15, 0.2) is 42.5 Å². The SMILES string of the molecule is Cc1cc(C(=O)O)ccc1COc1ccc(O)cc1. The Balaban J connectivity index is 2.07. The normalized spacial score (nSPS) is 10.2. The van der Waals surface area contributed by atoms with Crippen molar-refractivity contribution in [1.82, 2.24) is 0 Å². The zero-order valence-electron chi connectivity index (χ0n) is 10.5. The van der Waals surface area contributed by atoms with Crippen molar-refractivity contribution in [2.24, 2.45) is 0 Å². The highest BCUT2D eigenvalue weighted by molar-refractivity contribution is 5.87. The van der Waals surface area contributed by atoms with Crippen molar-refractivity contribution >= 4 is 5.97 Å². The van der Waals surface area contributed by atoms with Crippen molar-refractivity contribution in [2.45, 2.75) is 13.5 Å². The van der Waals surface area contributed by atoms with Gasteiger partial charge in [-0.15, -0.1) is 0 Å². The molecule has 2 aromatic carbocycles. The monoisotopic (exact) mass is 258 g/mol. The Hall–Kier alpha value is -2.49. The molecule has 0 atom stereocenters. The maximum Gasteiger partial charge on any atom is 0.335 e. The van der Waals surface area contributed by atoms with E-state index in [2.05, 4.69) is 0 Å². The van der Waals surface area contributed by atoms with Crippen LogP contribution >= 0.6 is 0 Å². The number of hydrogen-bond donors (Lipinski definition) is 2. The fourth-order valence-electron chi connectivity index (χ4n) is 1.69. The van der Waals surface area contributed by atoms with Crippen LogP contribution in [0.25, 0.3) is 0 Å². The largest absolute Gasteiger partial charge is 0.508 e. The summed E-state index contributed by atoms with van der Waals surface area (Å²) in [4.78, 5) is 10.8. The van der Waals surface area contributed by atoms with Crippen molar-refractivity contribution < 1.29 is 19.7 Å². The van der Waals surface area contributed by atoms with Crippen molar-refractivity contribution in [3.05, 3.63) is 59.2 Å². The van der Waals surface area contributed by atoms with E-state index in [4.69, 9.17) is 14.9 Å². The molecule has 0 bridgehead atoms. The van der Waals surface area contributed by atoms with Gasteiger partial charge in [-0.1, -0.05) is 6.07 Å². The van der Waals surface area contributed by atoms with Gasteiger partial charge >= 0.3 is 5.97 Å². The summed E-state index contributed by atoms with van der Waals surface area (Å²) in [6, 6.07) is 11.4. The maximum absolute atomic E-state index is 10.8. The van der Waals surface area contributed by atoms with Gasteiger partial charge in [0.15, 0.2) is 0 Å². The Morgan fingerprint density at radius 3 is 2.42 bits per heavy atom. The smallest absolute Gasteiger partial charge is 0.335 e. The minimum Gasteiger partial charge on any atom is -0.508 e. The second kappa shape index (κ2) is 5.44. The van der Waals surface area contributed by atoms with E-state index in [1.54, 1.807) is 42.5 Å². The molecular formula is C15H14O4. The van der Waals surface area contributed by atoms with E-state index in [-0.39, 0.29) is 11.3 Å². The lowest BCUT2D eigenvalue weighted by atomic mass is 10.1. The first-order valence-corrected chi connectivity index (χ1v) is 5.81. The summed E-state index contributed by atoms with van der Waals surface area (Å²) in [6.45, 7) is 2.21. The van der Waals surface area contributed by atoms with E-state index in [9.17, 15) is 4.79 Å². The minimum atomic E-state index is -0.936. The molecule has 0 aromatic heterocycles. The molecule has 0 fully saturated rings. The Labute approximate surface area is 110 Å². The van der Waals surface area contributed by atoms with E-state index in [0.717, 1.165) is 11.1 Å². The minimum absolute atomic E-state index is 0.189. The van der Waals surface area contributed by atoms with Crippen LogP contribution in [-0.4, -0.2) is 16.2 Å². The van der Waals surface area contributed by atoms with Gasteiger partial charge in [-0.3, -0.25) is 0 Å². The topological polar surface area (TPSA) is 66.8 Å². The van der Waals surface area contributed by atoms with Crippen LogP contribution in [0.1, 0.15) is 21.5 Å². The molecule has 2 aromatic rings. The number of rotatable bonds is 4. The van der Waals surface area contributed by atoms with Gasteiger partial charge in [0.1, 0.15) is 18.1 Å². The lowest BCUT2D eigenvalue weighted by molar-refractivity contribution is 0.0696. The van der Waals surface area contributed by atoms with Crippen LogP contribution in [0.4, 0.5) is 0 Å². The third kappa shape index (κ3) is 3.25. The van der Waals surface area contributed by atoms with E-state index in [1.165, 1.54) is 0 Å². The van der Waals surface area contributed by atoms with Gasteiger partial charge in [-0.25, -0.2) is 4.79 Å². The Bertz CT molecular complexity index is 588. The summed E-state index contributed by atoms with van der Waals surface area (Å²) in [7, 11) is 0. The van der Waals surface area contributed by atoms with Crippen LogP contribution in [-0.2, 0) is 6.61 Å². The lowest BCUT2D eigenvalue weighted by Gasteiger charge is -2.09. The molecule has 0 heterocycles. The summed E-state index contributed by atoms with van der Waals surface area (Å²) < 4.78 is 5.57. The van der Waals surface area contributed by atoms with Crippen LogP contribution in [0.5, 0.6) is 11.5 Å². The van der Waals surface area contributed by atoms with Gasteiger partial charge in [-0.2, -0.15) is 0 Å². The molecule has 0 spiro atoms. The highest BCUT2D eigenvalue weighted by Crippen LogP contribution is 2.18. The summed E-state index contributed by atoms with van der Waals surface area (Å²) >= 11 is 0. The number of ether oxygens (including phenoxy) is 1. The highest BCUT2D eigenvalue weighted by atomic mass is 16.5. The van der Waals surface area contributed by atoms with Gasteiger partial charge in [-0.05, 0) is 54.4 Å². The molecule has 2 rings (SSSR count). The second-order valence-electron chi connectivity index (χ2n) is 4.23. The number of benzene rings is 2. The van der Waals surface area contributed by atoms with Crippen molar-refractivity contribution in [1.29, 1.82) is 0 Å². The molecule has 0 radical (unpaired) electrons. The van der Waals surface area contributed by atoms with E-state index >= 15 is 0 Å². The number of aromatic carboxylic acids is 1. The average Bonchev–Trinajstić information content (AvgIpc) is 2.39. The van der Waals surface area contributed by atoms with Crippen LogP contribution in [0.3, 0.4) is 0 Å². The quantitative estimate of drug-likeness (QED) is 0.884. The summed E-state index contributed by atoms with van der Waals surface area (Å²) in [5.41, 5.74) is 2.07. The highest BCUT2D eigenvalue weighted by Gasteiger charge is 2.06. The fourth-order valence-corrected chi connectivity index (χ4v) is 1.69. The number of aryl methyl sites for hydroxylation is 1. The molecule has 0 amide bonds. The van der Waals surface area contributed by atoms with Gasteiger partial charge in [0, 0.05) is 0 Å². The molecule has 0 aliphatic rings. The van der Waals surface area contributed by atoms with Gasteiger partial charge in [0.25, 0.3) is 0 Å². The zero-order chi connectivity index (χ0) is 13.8. The molecule has 0 saturated carbocycles. The number of phenolic OH excluding ortho intramolecular Hbond substituents is 1. The number of carboxylic acids is 1. The predicted octanol–water partition coefficient (Wildman–Crippen LogP) is 2.98. The molecule has 0 saturated heterocycles. The number of carboxylic acid groups (broad SMARTS) is 1. The number of phenols is 1. The van der Waals surface area contributed by atoms with Crippen LogP contribution < -0.4 is 4.74 Å². The third-order valence-corrected chi connectivity index (χ3v) is 2.82. The second-order valence-corrected chi connectivity index (χ2v) is 4.23. The standard InChI is InChI=1S/C15H14O4/c1-10-8-11(15(17)18)2-3-12(10)9-19-14-6-4-13(16)5-7-14/h2-8,16H,9H2,1H3,(H,17,18). The predicted molar refractivity (Wildman–Crippen MR) is 70.6 cm³/mol. The van der Waals surface area contributed by atoms with Crippen molar-refractivity contribution in [3.8, 4) is 11.5 Å². The number of hydrogen-bond acceptors (Lipinski definition) is 3. The molecule has 4 nitrogen and oxygen atoms in total. The van der Waals surface area contributed by atoms with Crippen molar-refractivity contribution in [2.75, 3.05) is 0 Å². The third-order valence-electron chi connectivity index (χ3n) is 2.82. The Morgan fingerprint density at radius 1 is 1.16 bits per heavy atom. The number of carbonyl (C=O) groups is 1. The summed E-state index contributed by atoms with van der Waals surface area (Å²) in [6.07, 6.45) is 0.